The molecule has 0 aromatic rings. The lowest BCUT2D eigenvalue weighted by Gasteiger charge is -1.65. The molecule has 0 radical (unpaired) electrons. The summed E-state index contributed by atoms with van der Waals surface area (Å²) in [5.41, 5.74) is 4.53. The van der Waals surface area contributed by atoms with Gasteiger partial charge in [0, 0.05) is 0 Å². The summed E-state index contributed by atoms with van der Waals surface area (Å²) in [5, 5.41) is 2.00. The zero-order valence-corrected chi connectivity index (χ0v) is 6.48. The molecule has 0 aliphatic heterocycles. The lowest BCUT2D eigenvalue weighted by atomic mass is 10.6. The third-order valence-corrected chi connectivity index (χ3v) is 0.201. The quantitative estimate of drug-likeness (QED) is 0.366. The molecule has 0 aromatic carbocycles. The monoisotopic (exact) mass is 152 g/mol. The molecule has 0 aliphatic rings. The van der Waals surface area contributed by atoms with E-state index in [1.54, 1.807) is 0 Å². The van der Waals surface area contributed by atoms with Gasteiger partial charge in [0.2, 0.25) is 5.91 Å². The van der Waals surface area contributed by atoms with E-state index in [0.29, 0.717) is 0 Å². The molecule has 3 nitrogen and oxygen atoms in total. The van der Waals surface area contributed by atoms with Crippen LogP contribution in [0.5, 0.6) is 0 Å². The average Bonchev–Trinajstić information content (AvgIpc) is 1.69. The third kappa shape index (κ3) is 104. The number of hydrogen-bond acceptors (Lipinski definition) is 1. The highest BCUT2D eigenvalue weighted by molar-refractivity contribution is 5.84. The highest BCUT2D eigenvalue weighted by Gasteiger charge is 1.69. The number of hydrogen-bond donors (Lipinski definition) is 2. The molecule has 0 rings (SSSR count). The van der Waals surface area contributed by atoms with Crippen molar-refractivity contribution in [3.63, 3.8) is 0 Å². The molecule has 56 valence electrons. The van der Waals surface area contributed by atoms with Gasteiger partial charge >= 0.3 is 0 Å². The number of rotatable bonds is 1. The summed E-state index contributed by atoms with van der Waals surface area (Å²) in [4.78, 5) is 9.47. The van der Waals surface area contributed by atoms with E-state index in [1.165, 1.54) is 0 Å². The second-order valence-corrected chi connectivity index (χ2v) is 1.18. The van der Waals surface area contributed by atoms with Crippen molar-refractivity contribution in [2.45, 2.75) is 0 Å². The molecule has 0 fully saturated rings. The molecular formula is C5H13ClN2O. The van der Waals surface area contributed by atoms with Gasteiger partial charge in [-0.05, 0) is 6.08 Å². The van der Waals surface area contributed by atoms with E-state index in [9.17, 15) is 4.79 Å². The predicted octanol–water partition coefficient (Wildman–Crippen LogP) is -4.53. The van der Waals surface area contributed by atoms with Crippen molar-refractivity contribution in [3.8, 4) is 0 Å². The Morgan fingerprint density at radius 3 is 1.78 bits per heavy atom. The number of halogens is 1. The van der Waals surface area contributed by atoms with E-state index >= 15 is 0 Å². The van der Waals surface area contributed by atoms with Crippen LogP contribution in [0.15, 0.2) is 12.7 Å². The van der Waals surface area contributed by atoms with Crippen LogP contribution in [-0.2, 0) is 4.79 Å². The van der Waals surface area contributed by atoms with E-state index in [-0.39, 0.29) is 12.4 Å². The molecule has 4 heteroatoms. The Kier molecular flexibility index (Phi) is 27.5. The van der Waals surface area contributed by atoms with Crippen molar-refractivity contribution in [1.29, 1.82) is 0 Å². The second-order valence-electron chi connectivity index (χ2n) is 1.18. The van der Waals surface area contributed by atoms with Crippen LogP contribution in [0.25, 0.3) is 0 Å². The van der Waals surface area contributed by atoms with Crippen LogP contribution in [0.1, 0.15) is 0 Å². The van der Waals surface area contributed by atoms with Crippen molar-refractivity contribution in [2.75, 3.05) is 14.1 Å². The Balaban J connectivity index is -0.0000000800. The summed E-state index contributed by atoms with van der Waals surface area (Å²) < 4.78 is 0. The molecule has 4 N–H and O–H groups in total. The summed E-state index contributed by atoms with van der Waals surface area (Å²) in [7, 11) is 4.00. The first-order chi connectivity index (χ1) is 3.68. The number of amides is 1. The number of carbonyl (C=O) groups excluding carboxylic acids is 1. The second kappa shape index (κ2) is 15.7. The van der Waals surface area contributed by atoms with Crippen LogP contribution in [0.3, 0.4) is 0 Å². The first kappa shape index (κ1) is 15.8. The Labute approximate surface area is 61.7 Å². The van der Waals surface area contributed by atoms with E-state index in [0.717, 1.165) is 6.08 Å². The molecule has 0 spiro atoms. The molecule has 0 heterocycles. The summed E-state index contributed by atoms with van der Waals surface area (Å²) >= 11 is 0. The molecule has 1 amide bonds. The highest BCUT2D eigenvalue weighted by atomic mass is 35.5. The largest absolute Gasteiger partial charge is 1.00 e. The lowest BCUT2D eigenvalue weighted by molar-refractivity contribution is -0.597. The minimum atomic E-state index is -0.481. The Morgan fingerprint density at radius 1 is 1.67 bits per heavy atom. The van der Waals surface area contributed by atoms with Gasteiger partial charge < -0.3 is 23.5 Å². The molecule has 0 atom stereocenters. The molecule has 0 unspecified atom stereocenters. The maximum absolute atomic E-state index is 9.47. The van der Waals surface area contributed by atoms with Gasteiger partial charge in [-0.2, -0.15) is 0 Å². The smallest absolute Gasteiger partial charge is 0.240 e. The third-order valence-electron chi connectivity index (χ3n) is 0.201. The topological polar surface area (TPSA) is 59.7 Å². The van der Waals surface area contributed by atoms with Crippen LogP contribution >= 0.6 is 0 Å². The van der Waals surface area contributed by atoms with Gasteiger partial charge in [-0.15, -0.1) is 0 Å². The van der Waals surface area contributed by atoms with Crippen LogP contribution in [0.4, 0.5) is 0 Å². The predicted molar refractivity (Wildman–Crippen MR) is 33.2 cm³/mol. The van der Waals surface area contributed by atoms with Gasteiger partial charge in [0.15, 0.2) is 0 Å². The summed E-state index contributed by atoms with van der Waals surface area (Å²) in [6.07, 6.45) is 1.06. The van der Waals surface area contributed by atoms with Crippen molar-refractivity contribution in [2.24, 2.45) is 5.73 Å². The maximum atomic E-state index is 9.47. The van der Waals surface area contributed by atoms with Crippen LogP contribution in [-0.4, -0.2) is 20.0 Å². The molecule has 0 saturated heterocycles. The van der Waals surface area contributed by atoms with Gasteiger partial charge in [-0.3, -0.25) is 4.79 Å². The van der Waals surface area contributed by atoms with E-state index in [2.05, 4.69) is 12.3 Å². The van der Waals surface area contributed by atoms with Crippen molar-refractivity contribution < 1.29 is 22.5 Å². The summed E-state index contributed by atoms with van der Waals surface area (Å²) in [6.45, 7) is 3.09. The van der Waals surface area contributed by atoms with Crippen molar-refractivity contribution >= 4 is 5.91 Å². The molecule has 0 aromatic heterocycles. The van der Waals surface area contributed by atoms with Gasteiger partial charge in [0.05, 0.1) is 14.1 Å². The minimum absolute atomic E-state index is 0. The fraction of sp³-hybridized carbons (Fsp3) is 0.400. The number of primary amides is 1. The zero-order valence-electron chi connectivity index (χ0n) is 5.73. The van der Waals surface area contributed by atoms with Gasteiger partial charge in [0.25, 0.3) is 0 Å². The molecule has 0 aliphatic carbocycles. The fourth-order valence-electron chi connectivity index (χ4n) is 0. The Morgan fingerprint density at radius 2 is 1.78 bits per heavy atom. The number of quaternary nitrogens is 1. The number of carbonyl (C=O) groups is 1. The van der Waals surface area contributed by atoms with Crippen LogP contribution < -0.4 is 23.5 Å². The minimum Gasteiger partial charge on any atom is -1.00 e. The molecule has 0 bridgehead atoms. The highest BCUT2D eigenvalue weighted by Crippen LogP contribution is 1.48. The Bertz CT molecular complexity index is 75.4. The first-order valence-electron chi connectivity index (χ1n) is 2.34. The van der Waals surface area contributed by atoms with Crippen LogP contribution in [0, 0.1) is 0 Å². The van der Waals surface area contributed by atoms with Crippen molar-refractivity contribution in [1.82, 2.24) is 0 Å². The Hall–Kier alpha value is -0.540. The zero-order chi connectivity index (χ0) is 6.99. The van der Waals surface area contributed by atoms with Gasteiger partial charge in [0.1, 0.15) is 0 Å². The summed E-state index contributed by atoms with van der Waals surface area (Å²) in [5.74, 6) is -0.481. The lowest BCUT2D eigenvalue weighted by Crippen LogP contribution is -3.00. The first-order valence-corrected chi connectivity index (χ1v) is 2.34. The van der Waals surface area contributed by atoms with Gasteiger partial charge in [-0.25, -0.2) is 0 Å². The normalized spacial score (nSPS) is 5.56. The van der Waals surface area contributed by atoms with E-state index in [1.807, 2.05) is 19.4 Å². The van der Waals surface area contributed by atoms with Gasteiger partial charge in [-0.1, -0.05) is 6.58 Å². The standard InChI is InChI=1S/C3H5NO.C2H7N.ClH/c1-2-3(4)5;1-3-2;/h2H,1H2,(H2,4,5);3H,1-2H3;1H. The molecular weight excluding hydrogens is 140 g/mol. The molecule has 9 heavy (non-hydrogen) atoms. The van der Waals surface area contributed by atoms with E-state index < -0.39 is 5.91 Å². The van der Waals surface area contributed by atoms with E-state index in [4.69, 9.17) is 0 Å². The molecule has 0 saturated carbocycles. The fourth-order valence-corrected chi connectivity index (χ4v) is 0. The SMILES string of the molecule is C=CC(N)=O.C[NH2+]C.[Cl-]. The summed E-state index contributed by atoms with van der Waals surface area (Å²) in [6, 6.07) is 0. The number of nitrogens with two attached hydrogens (primary N) is 2. The van der Waals surface area contributed by atoms with Crippen LogP contribution in [0.2, 0.25) is 0 Å². The maximum Gasteiger partial charge on any atom is 0.240 e. The average molecular weight is 153 g/mol. The van der Waals surface area contributed by atoms with Crippen molar-refractivity contribution in [3.05, 3.63) is 12.7 Å².